The lowest BCUT2D eigenvalue weighted by Gasteiger charge is -2.23. The molecular formula is C11H16N2O6S. The molecule has 0 aliphatic heterocycles. The van der Waals surface area contributed by atoms with Gasteiger partial charge in [-0.2, -0.15) is 0 Å². The largest absolute Gasteiger partial charge is 0.480 e. The number of carbonyl (C=O) groups excluding carboxylic acids is 1. The number of carbonyl (C=O) groups is 2. The molecule has 1 heterocycles. The Balaban J connectivity index is 3.17. The predicted octanol–water partition coefficient (Wildman–Crippen LogP) is 0.171. The zero-order valence-electron chi connectivity index (χ0n) is 11.3. The molecule has 0 unspecified atom stereocenters. The zero-order chi connectivity index (χ0) is 15.7. The summed E-state index contributed by atoms with van der Waals surface area (Å²) in [5.41, 5.74) is 0. The minimum absolute atomic E-state index is 0.0186. The highest BCUT2D eigenvalue weighted by Crippen LogP contribution is 2.20. The lowest BCUT2D eigenvalue weighted by Crippen LogP contribution is -2.40. The summed E-state index contributed by atoms with van der Waals surface area (Å²) in [6.07, 6.45) is 0. The van der Waals surface area contributed by atoms with Gasteiger partial charge >= 0.3 is 5.97 Å². The monoisotopic (exact) mass is 304 g/mol. The van der Waals surface area contributed by atoms with Crippen LogP contribution in [0.2, 0.25) is 0 Å². The molecule has 3 N–H and O–H groups in total. The van der Waals surface area contributed by atoms with Gasteiger partial charge in [0.25, 0.3) is 5.91 Å². The van der Waals surface area contributed by atoms with Crippen molar-refractivity contribution in [2.75, 3.05) is 6.54 Å². The van der Waals surface area contributed by atoms with Crippen LogP contribution in [0.25, 0.3) is 0 Å². The maximum absolute atomic E-state index is 12.1. The fourth-order valence-electron chi connectivity index (χ4n) is 1.63. The lowest BCUT2D eigenvalue weighted by molar-refractivity contribution is -0.138. The Morgan fingerprint density at radius 1 is 1.45 bits per heavy atom. The van der Waals surface area contributed by atoms with E-state index >= 15 is 0 Å². The first kappa shape index (κ1) is 16.2. The van der Waals surface area contributed by atoms with Gasteiger partial charge in [-0.15, -0.1) is 0 Å². The molecule has 0 fully saturated rings. The van der Waals surface area contributed by atoms with E-state index in [2.05, 4.69) is 0 Å². The average molecular weight is 304 g/mol. The van der Waals surface area contributed by atoms with E-state index in [-0.39, 0.29) is 22.5 Å². The molecule has 0 saturated carbocycles. The van der Waals surface area contributed by atoms with E-state index in [1.54, 1.807) is 13.8 Å². The van der Waals surface area contributed by atoms with Crippen LogP contribution in [-0.2, 0) is 14.8 Å². The topological polar surface area (TPSA) is 131 Å². The van der Waals surface area contributed by atoms with Gasteiger partial charge in [-0.3, -0.25) is 9.59 Å². The number of hydrogen-bond acceptors (Lipinski definition) is 5. The summed E-state index contributed by atoms with van der Waals surface area (Å²) in [7, 11) is -4.00. The first-order valence-corrected chi connectivity index (χ1v) is 7.24. The van der Waals surface area contributed by atoms with Crippen LogP contribution in [0, 0.1) is 6.92 Å². The van der Waals surface area contributed by atoms with Crippen LogP contribution in [-0.4, -0.2) is 42.9 Å². The van der Waals surface area contributed by atoms with Crippen molar-refractivity contribution >= 4 is 21.9 Å². The van der Waals surface area contributed by atoms with E-state index in [9.17, 15) is 18.0 Å². The highest BCUT2D eigenvalue weighted by atomic mass is 32.2. The van der Waals surface area contributed by atoms with E-state index < -0.39 is 28.4 Å². The first-order valence-electron chi connectivity index (χ1n) is 5.70. The Hall–Kier alpha value is -1.87. The number of rotatable bonds is 5. The number of furan rings is 1. The smallest absolute Gasteiger partial charge is 0.323 e. The van der Waals surface area contributed by atoms with Crippen molar-refractivity contribution in [1.29, 1.82) is 0 Å². The van der Waals surface area contributed by atoms with Gasteiger partial charge in [0, 0.05) is 12.1 Å². The summed E-state index contributed by atoms with van der Waals surface area (Å²) < 4.78 is 27.6. The number of aryl methyl sites for hydroxylation is 1. The summed E-state index contributed by atoms with van der Waals surface area (Å²) in [5.74, 6) is -2.17. The van der Waals surface area contributed by atoms with Crippen LogP contribution in [0.4, 0.5) is 0 Å². The molecule has 0 saturated heterocycles. The predicted molar refractivity (Wildman–Crippen MR) is 68.6 cm³/mol. The number of carboxylic acids is 1. The molecule has 20 heavy (non-hydrogen) atoms. The maximum Gasteiger partial charge on any atom is 0.323 e. The molecule has 0 spiro atoms. The third-order valence-electron chi connectivity index (χ3n) is 2.58. The third kappa shape index (κ3) is 3.58. The minimum Gasteiger partial charge on any atom is -0.480 e. The molecule has 1 amide bonds. The molecule has 0 aliphatic rings. The van der Waals surface area contributed by atoms with Gasteiger partial charge in [0.1, 0.15) is 17.2 Å². The van der Waals surface area contributed by atoms with Crippen LogP contribution in [0.1, 0.15) is 30.2 Å². The standard InChI is InChI=1S/C11H16N2O6S/c1-6(2)13(5-10(14)15)11(16)8-4-9(7(3)19-8)20(12,17)18/h4,6H,5H2,1-3H3,(H,14,15)(H2,12,17,18). The van der Waals surface area contributed by atoms with Gasteiger partial charge in [-0.25, -0.2) is 13.6 Å². The normalized spacial score (nSPS) is 11.7. The second-order valence-electron chi connectivity index (χ2n) is 4.50. The van der Waals surface area contributed by atoms with Gasteiger partial charge in [-0.05, 0) is 20.8 Å². The molecule has 1 rings (SSSR count). The van der Waals surface area contributed by atoms with Crippen molar-refractivity contribution in [2.24, 2.45) is 5.14 Å². The van der Waals surface area contributed by atoms with Crippen LogP contribution in [0.5, 0.6) is 0 Å². The highest BCUT2D eigenvalue weighted by molar-refractivity contribution is 7.89. The summed E-state index contributed by atoms with van der Waals surface area (Å²) in [4.78, 5) is 23.6. The lowest BCUT2D eigenvalue weighted by atomic mass is 10.2. The fourth-order valence-corrected chi connectivity index (χ4v) is 2.34. The van der Waals surface area contributed by atoms with Gasteiger partial charge in [-0.1, -0.05) is 0 Å². The molecular weight excluding hydrogens is 288 g/mol. The van der Waals surface area contributed by atoms with Gasteiger partial charge < -0.3 is 14.4 Å². The van der Waals surface area contributed by atoms with Gasteiger partial charge in [0.2, 0.25) is 10.0 Å². The molecule has 9 heteroatoms. The number of hydrogen-bond donors (Lipinski definition) is 2. The van der Waals surface area contributed by atoms with Crippen molar-refractivity contribution in [1.82, 2.24) is 4.90 Å². The molecule has 0 aromatic carbocycles. The fraction of sp³-hybridized carbons (Fsp3) is 0.455. The molecule has 1 aromatic rings. The summed E-state index contributed by atoms with van der Waals surface area (Å²) in [6.45, 7) is 4.11. The van der Waals surface area contributed by atoms with Gasteiger partial charge in [0.15, 0.2) is 5.76 Å². The molecule has 0 bridgehead atoms. The Morgan fingerprint density at radius 2 is 2.00 bits per heavy atom. The van der Waals surface area contributed by atoms with Gasteiger partial charge in [0.05, 0.1) is 0 Å². The number of nitrogens with zero attached hydrogens (tertiary/aromatic N) is 1. The van der Waals surface area contributed by atoms with E-state index in [0.29, 0.717) is 0 Å². The average Bonchev–Trinajstić information content (AvgIpc) is 2.66. The molecule has 0 radical (unpaired) electrons. The summed E-state index contributed by atoms with van der Waals surface area (Å²) in [5, 5.41) is 13.8. The van der Waals surface area contributed by atoms with Crippen LogP contribution in [0.3, 0.4) is 0 Å². The van der Waals surface area contributed by atoms with Crippen LogP contribution < -0.4 is 5.14 Å². The number of sulfonamides is 1. The molecule has 0 atom stereocenters. The van der Waals surface area contributed by atoms with E-state index in [1.165, 1.54) is 6.92 Å². The highest BCUT2D eigenvalue weighted by Gasteiger charge is 2.27. The number of primary sulfonamides is 1. The summed E-state index contributed by atoms with van der Waals surface area (Å²) in [6, 6.07) is 0.617. The second kappa shape index (κ2) is 5.63. The van der Waals surface area contributed by atoms with Crippen molar-refractivity contribution in [3.05, 3.63) is 17.6 Å². The zero-order valence-corrected chi connectivity index (χ0v) is 12.1. The number of amides is 1. The second-order valence-corrected chi connectivity index (χ2v) is 6.03. The van der Waals surface area contributed by atoms with E-state index in [1.807, 2.05) is 0 Å². The molecule has 112 valence electrons. The quantitative estimate of drug-likeness (QED) is 0.797. The third-order valence-corrected chi connectivity index (χ3v) is 3.60. The summed E-state index contributed by atoms with van der Waals surface area (Å²) >= 11 is 0. The number of carboxylic acid groups (broad SMARTS) is 1. The number of nitrogens with two attached hydrogens (primary N) is 1. The van der Waals surface area contributed by atoms with E-state index in [0.717, 1.165) is 11.0 Å². The Bertz CT molecular complexity index is 631. The minimum atomic E-state index is -4.00. The van der Waals surface area contributed by atoms with Crippen LogP contribution >= 0.6 is 0 Å². The maximum atomic E-state index is 12.1. The van der Waals surface area contributed by atoms with Crippen molar-refractivity contribution in [3.63, 3.8) is 0 Å². The molecule has 1 aromatic heterocycles. The van der Waals surface area contributed by atoms with E-state index in [4.69, 9.17) is 14.7 Å². The van der Waals surface area contributed by atoms with Crippen LogP contribution in [0.15, 0.2) is 15.4 Å². The number of aliphatic carboxylic acids is 1. The Labute approximate surface area is 116 Å². The first-order chi connectivity index (χ1) is 9.04. The van der Waals surface area contributed by atoms with Crippen molar-refractivity contribution in [3.8, 4) is 0 Å². The Morgan fingerprint density at radius 3 is 2.35 bits per heavy atom. The SMILES string of the molecule is Cc1oc(C(=O)N(CC(=O)O)C(C)C)cc1S(N)(=O)=O. The van der Waals surface area contributed by atoms with Crippen molar-refractivity contribution in [2.45, 2.75) is 31.7 Å². The molecule has 8 nitrogen and oxygen atoms in total. The molecule has 0 aliphatic carbocycles. The Kier molecular flexibility index (Phi) is 4.56. The van der Waals surface area contributed by atoms with Crippen molar-refractivity contribution < 1.29 is 27.5 Å².